The van der Waals surface area contributed by atoms with Gasteiger partial charge in [0.05, 0.1) is 34.9 Å². The first-order chi connectivity index (χ1) is 16.3. The Hall–Kier alpha value is -2.20. The highest BCUT2D eigenvalue weighted by molar-refractivity contribution is 8.93. The number of morpholine rings is 1. The van der Waals surface area contributed by atoms with Gasteiger partial charge in [0, 0.05) is 29.7 Å². The second-order valence-corrected chi connectivity index (χ2v) is 10.3. The maximum absolute atomic E-state index is 13.1. The molecule has 36 heavy (non-hydrogen) atoms. The molecule has 4 rings (SSSR count). The van der Waals surface area contributed by atoms with Crippen molar-refractivity contribution in [3.63, 3.8) is 0 Å². The topological polar surface area (TPSA) is 71.5 Å². The van der Waals surface area contributed by atoms with Crippen LogP contribution in [0.25, 0.3) is 11.3 Å². The van der Waals surface area contributed by atoms with Crippen molar-refractivity contribution in [3.8, 4) is 11.3 Å². The average Bonchev–Trinajstić information content (AvgIpc) is 3.27. The summed E-state index contributed by atoms with van der Waals surface area (Å²) in [6.45, 7) is 1.11. The molecule has 1 aliphatic heterocycles. The molecule has 0 spiro atoms. The molecule has 6 nitrogen and oxygen atoms in total. The lowest BCUT2D eigenvalue weighted by molar-refractivity contribution is -0.143. The van der Waals surface area contributed by atoms with Crippen LogP contribution in [0.15, 0.2) is 52.7 Å². The standard InChI is InChI=1S/C21H17F6N3O3S2.BrH/c22-20(23,24)14-9-15(21(25,26)27)11-16(10-14)28-19-29-18(12-34-19)13-1-3-17(4-2-13)35(31,32)30-5-7-33-8-6-30;/h1-4,9-12H,5-8H2,(H,28,29);1H. The summed E-state index contributed by atoms with van der Waals surface area (Å²) < 4.78 is 110. The molecule has 0 amide bonds. The van der Waals surface area contributed by atoms with E-state index in [1.165, 1.54) is 28.6 Å². The second-order valence-electron chi connectivity index (χ2n) is 7.50. The van der Waals surface area contributed by atoms with Crippen LogP contribution in [0, 0.1) is 0 Å². The van der Waals surface area contributed by atoms with Crippen LogP contribution in [-0.2, 0) is 27.1 Å². The number of halogens is 7. The molecule has 0 bridgehead atoms. The number of ether oxygens (including phenoxy) is 1. The van der Waals surface area contributed by atoms with Crippen molar-refractivity contribution in [3.05, 3.63) is 59.0 Å². The van der Waals surface area contributed by atoms with E-state index in [0.717, 1.165) is 11.3 Å². The molecule has 2 aromatic carbocycles. The number of hydrogen-bond acceptors (Lipinski definition) is 6. The molecule has 196 valence electrons. The monoisotopic (exact) mass is 617 g/mol. The van der Waals surface area contributed by atoms with Crippen LogP contribution >= 0.6 is 28.3 Å². The van der Waals surface area contributed by atoms with Crippen LogP contribution in [0.5, 0.6) is 0 Å². The molecule has 1 aliphatic rings. The average molecular weight is 618 g/mol. The quantitative estimate of drug-likeness (QED) is 0.346. The lowest BCUT2D eigenvalue weighted by atomic mass is 10.1. The molecule has 0 saturated carbocycles. The van der Waals surface area contributed by atoms with Crippen LogP contribution in [0.4, 0.5) is 37.2 Å². The fourth-order valence-electron chi connectivity index (χ4n) is 3.35. The van der Waals surface area contributed by atoms with Crippen LogP contribution in [-0.4, -0.2) is 44.0 Å². The van der Waals surface area contributed by atoms with Crippen molar-refractivity contribution >= 4 is 49.2 Å². The first kappa shape index (κ1) is 28.4. The van der Waals surface area contributed by atoms with Gasteiger partial charge in [0.2, 0.25) is 10.0 Å². The number of benzene rings is 2. The number of nitrogens with one attached hydrogen (secondary N) is 1. The molecule has 1 N–H and O–H groups in total. The number of alkyl halides is 6. The van der Waals surface area contributed by atoms with Crippen molar-refractivity contribution in [1.29, 1.82) is 0 Å². The smallest absolute Gasteiger partial charge is 0.379 e. The van der Waals surface area contributed by atoms with Crippen molar-refractivity contribution in [2.75, 3.05) is 31.6 Å². The van der Waals surface area contributed by atoms with Gasteiger partial charge in [0.25, 0.3) is 0 Å². The van der Waals surface area contributed by atoms with E-state index in [1.54, 1.807) is 5.38 Å². The van der Waals surface area contributed by atoms with E-state index in [2.05, 4.69) is 10.3 Å². The molecular weight excluding hydrogens is 600 g/mol. The van der Waals surface area contributed by atoms with Gasteiger partial charge in [-0.15, -0.1) is 28.3 Å². The maximum atomic E-state index is 13.1. The number of nitrogens with zero attached hydrogens (tertiary/aromatic N) is 2. The Bertz CT molecular complexity index is 1270. The molecule has 1 aromatic heterocycles. The van der Waals surface area contributed by atoms with Crippen molar-refractivity contribution in [2.45, 2.75) is 17.2 Å². The van der Waals surface area contributed by atoms with Gasteiger partial charge in [-0.3, -0.25) is 0 Å². The summed E-state index contributed by atoms with van der Waals surface area (Å²) in [7, 11) is -3.69. The lowest BCUT2D eigenvalue weighted by Crippen LogP contribution is -2.40. The van der Waals surface area contributed by atoms with Gasteiger partial charge in [-0.1, -0.05) is 12.1 Å². The van der Waals surface area contributed by atoms with Crippen LogP contribution in [0.2, 0.25) is 0 Å². The molecule has 1 saturated heterocycles. The highest BCUT2D eigenvalue weighted by atomic mass is 79.9. The van der Waals surface area contributed by atoms with Gasteiger partial charge in [-0.2, -0.15) is 30.6 Å². The fourth-order valence-corrected chi connectivity index (χ4v) is 5.50. The number of sulfonamides is 1. The van der Waals surface area contributed by atoms with E-state index >= 15 is 0 Å². The van der Waals surface area contributed by atoms with E-state index < -0.39 is 39.2 Å². The third-order valence-corrected chi connectivity index (χ3v) is 7.77. The maximum Gasteiger partial charge on any atom is 0.416 e. The molecule has 3 aromatic rings. The van der Waals surface area contributed by atoms with Crippen molar-refractivity contribution in [2.24, 2.45) is 0 Å². The van der Waals surface area contributed by atoms with Gasteiger partial charge in [-0.05, 0) is 30.3 Å². The minimum atomic E-state index is -4.96. The van der Waals surface area contributed by atoms with Gasteiger partial charge >= 0.3 is 12.4 Å². The molecule has 0 radical (unpaired) electrons. The highest BCUT2D eigenvalue weighted by Gasteiger charge is 2.37. The van der Waals surface area contributed by atoms with Crippen LogP contribution < -0.4 is 5.32 Å². The summed E-state index contributed by atoms with van der Waals surface area (Å²) >= 11 is 0.973. The molecular formula is C21H18BrF6N3O3S2. The highest BCUT2D eigenvalue weighted by Crippen LogP contribution is 2.38. The van der Waals surface area contributed by atoms with E-state index in [-0.39, 0.29) is 46.2 Å². The Morgan fingerprint density at radius 3 is 2.00 bits per heavy atom. The number of hydrogen-bond donors (Lipinski definition) is 1. The number of aromatic nitrogens is 1. The molecule has 0 aliphatic carbocycles. The summed E-state index contributed by atoms with van der Waals surface area (Å²) in [5.41, 5.74) is -2.40. The summed E-state index contributed by atoms with van der Waals surface area (Å²) in [6.07, 6.45) is -9.93. The largest absolute Gasteiger partial charge is 0.416 e. The zero-order chi connectivity index (χ0) is 25.4. The normalized spacial score (nSPS) is 15.4. The fraction of sp³-hybridized carbons (Fsp3) is 0.286. The summed E-state index contributed by atoms with van der Waals surface area (Å²) in [4.78, 5) is 4.29. The first-order valence-electron chi connectivity index (χ1n) is 10.0. The number of anilines is 2. The second kappa shape index (κ2) is 10.7. The number of thiazole rings is 1. The molecule has 0 unspecified atom stereocenters. The van der Waals surface area contributed by atoms with E-state index in [4.69, 9.17) is 4.74 Å². The Kier molecular flexibility index (Phi) is 8.40. The predicted octanol–water partition coefficient (Wildman–Crippen LogP) is 6.19. The lowest BCUT2D eigenvalue weighted by Gasteiger charge is -2.26. The van der Waals surface area contributed by atoms with E-state index in [9.17, 15) is 34.8 Å². The molecule has 1 fully saturated rings. The third kappa shape index (κ3) is 6.37. The van der Waals surface area contributed by atoms with Crippen molar-refractivity contribution in [1.82, 2.24) is 9.29 Å². The van der Waals surface area contributed by atoms with Gasteiger partial charge in [0.1, 0.15) is 0 Å². The Labute approximate surface area is 216 Å². The Balaban J connectivity index is 0.00000361. The van der Waals surface area contributed by atoms with Gasteiger partial charge in [0.15, 0.2) is 5.13 Å². The Morgan fingerprint density at radius 1 is 0.917 bits per heavy atom. The predicted molar refractivity (Wildman–Crippen MR) is 127 cm³/mol. The minimum absolute atomic E-state index is 0. The molecule has 15 heteroatoms. The first-order valence-corrected chi connectivity index (χ1v) is 12.4. The van der Waals surface area contributed by atoms with Crippen LogP contribution in [0.1, 0.15) is 11.1 Å². The zero-order valence-electron chi connectivity index (χ0n) is 18.1. The van der Waals surface area contributed by atoms with Crippen LogP contribution in [0.3, 0.4) is 0 Å². The number of rotatable bonds is 5. The third-order valence-electron chi connectivity index (χ3n) is 5.10. The zero-order valence-corrected chi connectivity index (χ0v) is 21.4. The van der Waals surface area contributed by atoms with Crippen molar-refractivity contribution < 1.29 is 39.5 Å². The van der Waals surface area contributed by atoms with Gasteiger partial charge < -0.3 is 10.1 Å². The SMILES string of the molecule is Br.O=S(=O)(c1ccc(-c2csc(Nc3cc(C(F)(F)F)cc(C(F)(F)F)c3)n2)cc1)N1CCOCC1. The summed E-state index contributed by atoms with van der Waals surface area (Å²) in [5, 5.41) is 4.11. The van der Waals surface area contributed by atoms with Gasteiger partial charge in [-0.25, -0.2) is 13.4 Å². The van der Waals surface area contributed by atoms with E-state index in [1.807, 2.05) is 0 Å². The van der Waals surface area contributed by atoms with E-state index in [0.29, 0.717) is 36.6 Å². The molecule has 0 atom stereocenters. The molecule has 2 heterocycles. The summed E-state index contributed by atoms with van der Waals surface area (Å²) in [6, 6.07) is 7.06. The Morgan fingerprint density at radius 2 is 1.47 bits per heavy atom. The minimum Gasteiger partial charge on any atom is -0.379 e. The summed E-state index contributed by atoms with van der Waals surface area (Å²) in [5.74, 6) is 0.